The smallest absolute Gasteiger partial charge is 0.222 e. The largest absolute Gasteiger partial charge is 0.353 e. The molecule has 0 bridgehead atoms. The van der Waals surface area contributed by atoms with Gasteiger partial charge in [-0.2, -0.15) is 5.10 Å². The van der Waals surface area contributed by atoms with Gasteiger partial charge in [-0.25, -0.2) is 0 Å². The number of aromatic nitrogens is 2. The lowest BCUT2D eigenvalue weighted by Gasteiger charge is -2.22. The highest BCUT2D eigenvalue weighted by Gasteiger charge is 2.15. The van der Waals surface area contributed by atoms with Gasteiger partial charge in [-0.1, -0.05) is 30.9 Å². The Kier molecular flexibility index (Phi) is 4.42. The van der Waals surface area contributed by atoms with Crippen molar-refractivity contribution in [2.45, 2.75) is 51.1 Å². The summed E-state index contributed by atoms with van der Waals surface area (Å²) >= 11 is 5.75. The van der Waals surface area contributed by atoms with E-state index in [-0.39, 0.29) is 5.91 Å². The lowest BCUT2D eigenvalue weighted by atomic mass is 9.95. The third-order valence-electron chi connectivity index (χ3n) is 3.14. The van der Waals surface area contributed by atoms with Crippen molar-refractivity contribution in [1.29, 1.82) is 0 Å². The van der Waals surface area contributed by atoms with Crippen LogP contribution in [0.5, 0.6) is 0 Å². The Hall–Kier alpha value is -1.03. The van der Waals surface area contributed by atoms with Crippen molar-refractivity contribution in [1.82, 2.24) is 15.1 Å². The molecule has 1 amide bonds. The molecule has 1 saturated carbocycles. The monoisotopic (exact) mass is 255 g/mol. The number of nitrogens with zero attached hydrogens (tertiary/aromatic N) is 2. The van der Waals surface area contributed by atoms with Crippen LogP contribution in [0.4, 0.5) is 0 Å². The maximum Gasteiger partial charge on any atom is 0.222 e. The first-order valence-corrected chi connectivity index (χ1v) is 6.59. The molecule has 0 radical (unpaired) electrons. The second-order valence-electron chi connectivity index (χ2n) is 4.57. The maximum atomic E-state index is 11.7. The van der Waals surface area contributed by atoms with Gasteiger partial charge in [0.2, 0.25) is 5.91 Å². The standard InChI is InChI=1S/C12H18ClN3O/c13-10-8-14-16(9-10)7-6-12(17)15-11-4-2-1-3-5-11/h8-9,11H,1-7H2,(H,15,17). The van der Waals surface area contributed by atoms with Crippen molar-refractivity contribution in [2.75, 3.05) is 0 Å². The van der Waals surface area contributed by atoms with Crippen molar-refractivity contribution in [3.63, 3.8) is 0 Å². The average molecular weight is 256 g/mol. The van der Waals surface area contributed by atoms with Crippen LogP contribution in [0.15, 0.2) is 12.4 Å². The number of nitrogens with one attached hydrogen (secondary N) is 1. The Morgan fingerprint density at radius 3 is 2.88 bits per heavy atom. The number of carbonyl (C=O) groups excluding carboxylic acids is 1. The van der Waals surface area contributed by atoms with Gasteiger partial charge in [0.25, 0.3) is 0 Å². The quantitative estimate of drug-likeness (QED) is 0.898. The first-order chi connectivity index (χ1) is 8.24. The molecule has 1 aromatic rings. The summed E-state index contributed by atoms with van der Waals surface area (Å²) in [6, 6.07) is 0.387. The Balaban J connectivity index is 1.70. The van der Waals surface area contributed by atoms with Crippen LogP contribution in [-0.4, -0.2) is 21.7 Å². The minimum atomic E-state index is 0.114. The predicted molar refractivity (Wildman–Crippen MR) is 66.9 cm³/mol. The number of hydrogen-bond acceptors (Lipinski definition) is 2. The molecule has 4 nitrogen and oxygen atoms in total. The molecule has 0 unspecified atom stereocenters. The van der Waals surface area contributed by atoms with Crippen LogP contribution < -0.4 is 5.32 Å². The van der Waals surface area contributed by atoms with Crippen LogP contribution in [-0.2, 0) is 11.3 Å². The van der Waals surface area contributed by atoms with E-state index in [4.69, 9.17) is 11.6 Å². The van der Waals surface area contributed by atoms with Crippen molar-refractivity contribution in [3.8, 4) is 0 Å². The zero-order chi connectivity index (χ0) is 12.1. The lowest BCUT2D eigenvalue weighted by Crippen LogP contribution is -2.36. The van der Waals surface area contributed by atoms with Gasteiger partial charge in [-0.3, -0.25) is 9.48 Å². The fourth-order valence-electron chi connectivity index (χ4n) is 2.22. The Labute approximate surface area is 106 Å². The van der Waals surface area contributed by atoms with E-state index in [1.807, 2.05) is 0 Å². The first kappa shape index (κ1) is 12.4. The predicted octanol–water partition coefficient (Wildman–Crippen LogP) is 2.38. The summed E-state index contributed by atoms with van der Waals surface area (Å²) < 4.78 is 1.70. The zero-order valence-corrected chi connectivity index (χ0v) is 10.6. The van der Waals surface area contributed by atoms with E-state index in [1.54, 1.807) is 17.1 Å². The van der Waals surface area contributed by atoms with Gasteiger partial charge in [-0.15, -0.1) is 0 Å². The fourth-order valence-corrected chi connectivity index (χ4v) is 2.38. The third-order valence-corrected chi connectivity index (χ3v) is 3.34. The number of amides is 1. The van der Waals surface area contributed by atoms with E-state index in [9.17, 15) is 4.79 Å². The number of halogens is 1. The number of aryl methyl sites for hydroxylation is 1. The van der Waals surface area contributed by atoms with Gasteiger partial charge in [0, 0.05) is 25.2 Å². The summed E-state index contributed by atoms with van der Waals surface area (Å²) in [7, 11) is 0. The van der Waals surface area contributed by atoms with E-state index in [0.717, 1.165) is 12.8 Å². The Bertz CT molecular complexity index is 372. The summed E-state index contributed by atoms with van der Waals surface area (Å²) in [6.45, 7) is 0.589. The van der Waals surface area contributed by atoms with Crippen LogP contribution in [0.3, 0.4) is 0 Å². The van der Waals surface area contributed by atoms with Gasteiger partial charge in [0.05, 0.1) is 11.2 Å². The molecule has 5 heteroatoms. The minimum absolute atomic E-state index is 0.114. The molecule has 17 heavy (non-hydrogen) atoms. The Morgan fingerprint density at radius 2 is 2.24 bits per heavy atom. The molecular formula is C12H18ClN3O. The number of hydrogen-bond donors (Lipinski definition) is 1. The van der Waals surface area contributed by atoms with E-state index in [0.29, 0.717) is 24.0 Å². The molecule has 1 fully saturated rings. The van der Waals surface area contributed by atoms with Gasteiger partial charge in [0.1, 0.15) is 0 Å². The maximum absolute atomic E-state index is 11.7. The molecule has 1 aliphatic rings. The number of rotatable bonds is 4. The van der Waals surface area contributed by atoms with Crippen LogP contribution in [0, 0.1) is 0 Å². The highest BCUT2D eigenvalue weighted by atomic mass is 35.5. The third kappa shape index (κ3) is 4.04. The van der Waals surface area contributed by atoms with Gasteiger partial charge in [0.15, 0.2) is 0 Å². The molecule has 0 aromatic carbocycles. The Morgan fingerprint density at radius 1 is 1.47 bits per heavy atom. The summed E-state index contributed by atoms with van der Waals surface area (Å²) in [5, 5.41) is 7.73. The van der Waals surface area contributed by atoms with E-state index in [1.165, 1.54) is 19.3 Å². The van der Waals surface area contributed by atoms with Crippen LogP contribution >= 0.6 is 11.6 Å². The molecule has 1 heterocycles. The average Bonchev–Trinajstić information content (AvgIpc) is 2.74. The summed E-state index contributed by atoms with van der Waals surface area (Å²) in [6.07, 6.45) is 9.81. The molecule has 0 atom stereocenters. The van der Waals surface area contributed by atoms with Crippen LogP contribution in [0.25, 0.3) is 0 Å². The summed E-state index contributed by atoms with van der Waals surface area (Å²) in [5.41, 5.74) is 0. The van der Waals surface area contributed by atoms with Gasteiger partial charge >= 0.3 is 0 Å². The molecule has 2 rings (SSSR count). The second kappa shape index (κ2) is 6.05. The molecule has 1 aromatic heterocycles. The lowest BCUT2D eigenvalue weighted by molar-refractivity contribution is -0.122. The zero-order valence-electron chi connectivity index (χ0n) is 9.86. The van der Waals surface area contributed by atoms with Gasteiger partial charge < -0.3 is 5.32 Å². The highest BCUT2D eigenvalue weighted by Crippen LogP contribution is 2.17. The van der Waals surface area contributed by atoms with E-state index >= 15 is 0 Å². The molecule has 94 valence electrons. The normalized spacial score (nSPS) is 17.0. The number of carbonyl (C=O) groups is 1. The van der Waals surface area contributed by atoms with Crippen LogP contribution in [0.2, 0.25) is 5.02 Å². The topological polar surface area (TPSA) is 46.9 Å². The van der Waals surface area contributed by atoms with Crippen molar-refractivity contribution in [3.05, 3.63) is 17.4 Å². The van der Waals surface area contributed by atoms with Gasteiger partial charge in [-0.05, 0) is 12.8 Å². The molecule has 1 aliphatic carbocycles. The fraction of sp³-hybridized carbons (Fsp3) is 0.667. The minimum Gasteiger partial charge on any atom is -0.353 e. The molecular weight excluding hydrogens is 238 g/mol. The second-order valence-corrected chi connectivity index (χ2v) is 5.01. The van der Waals surface area contributed by atoms with Crippen molar-refractivity contribution >= 4 is 17.5 Å². The molecule has 1 N–H and O–H groups in total. The first-order valence-electron chi connectivity index (χ1n) is 6.21. The summed E-state index contributed by atoms with van der Waals surface area (Å²) in [4.78, 5) is 11.7. The molecule has 0 aliphatic heterocycles. The van der Waals surface area contributed by atoms with Crippen molar-refractivity contribution in [2.24, 2.45) is 0 Å². The summed E-state index contributed by atoms with van der Waals surface area (Å²) in [5.74, 6) is 0.114. The molecule has 0 spiro atoms. The van der Waals surface area contributed by atoms with Crippen molar-refractivity contribution < 1.29 is 4.79 Å². The SMILES string of the molecule is O=C(CCn1cc(Cl)cn1)NC1CCCCC1. The van der Waals surface area contributed by atoms with Crippen LogP contribution in [0.1, 0.15) is 38.5 Å². The van der Waals surface area contributed by atoms with E-state index < -0.39 is 0 Å². The highest BCUT2D eigenvalue weighted by molar-refractivity contribution is 6.30. The van der Waals surface area contributed by atoms with E-state index in [2.05, 4.69) is 10.4 Å². The molecule has 0 saturated heterocycles.